The maximum atomic E-state index is 12.4. The van der Waals surface area contributed by atoms with Gasteiger partial charge >= 0.3 is 6.18 Å². The Kier molecular flexibility index (Phi) is 6.71. The summed E-state index contributed by atoms with van der Waals surface area (Å²) < 4.78 is 37.2. The van der Waals surface area contributed by atoms with E-state index in [0.717, 1.165) is 18.5 Å². The number of thiophene rings is 1. The van der Waals surface area contributed by atoms with Gasteiger partial charge in [-0.1, -0.05) is 0 Å². The Hall–Kier alpha value is -1.28. The van der Waals surface area contributed by atoms with Gasteiger partial charge in [0.25, 0.3) is 0 Å². The number of hydrogen-bond donors (Lipinski definition) is 2. The summed E-state index contributed by atoms with van der Waals surface area (Å²) in [6.45, 7) is 4.16. The van der Waals surface area contributed by atoms with E-state index >= 15 is 0 Å². The van der Waals surface area contributed by atoms with E-state index in [9.17, 15) is 13.2 Å². The fourth-order valence-corrected chi connectivity index (χ4v) is 3.27. The molecule has 0 saturated carbocycles. The van der Waals surface area contributed by atoms with Gasteiger partial charge in [0.15, 0.2) is 5.96 Å². The van der Waals surface area contributed by atoms with Crippen LogP contribution in [0.1, 0.15) is 18.9 Å². The number of guanidine groups is 1. The Morgan fingerprint density at radius 3 is 2.91 bits per heavy atom. The zero-order chi connectivity index (χ0) is 16.7. The molecule has 0 amide bonds. The Morgan fingerprint density at radius 2 is 2.26 bits per heavy atom. The molecule has 0 aromatic carbocycles. The average molecular weight is 348 g/mol. The third-order valence-corrected chi connectivity index (χ3v) is 4.41. The van der Waals surface area contributed by atoms with E-state index < -0.39 is 12.7 Å². The SMILES string of the molecule is CCNC(=NCc1ccsc1)NCC1CCN(CC(F)(F)F)C1. The van der Waals surface area contributed by atoms with E-state index in [1.807, 2.05) is 18.4 Å². The lowest BCUT2D eigenvalue weighted by molar-refractivity contribution is -0.143. The fourth-order valence-electron chi connectivity index (χ4n) is 2.61. The molecule has 130 valence electrons. The molecule has 1 aromatic heterocycles. The van der Waals surface area contributed by atoms with Crippen molar-refractivity contribution in [1.29, 1.82) is 0 Å². The van der Waals surface area contributed by atoms with Gasteiger partial charge in [-0.05, 0) is 48.2 Å². The molecular formula is C15H23F3N4S. The van der Waals surface area contributed by atoms with Gasteiger partial charge in [-0.25, -0.2) is 4.99 Å². The first-order valence-electron chi connectivity index (χ1n) is 7.78. The molecule has 1 unspecified atom stereocenters. The van der Waals surface area contributed by atoms with Crippen molar-refractivity contribution >= 4 is 17.3 Å². The van der Waals surface area contributed by atoms with Crippen molar-refractivity contribution in [3.63, 3.8) is 0 Å². The minimum absolute atomic E-state index is 0.224. The molecule has 1 aliphatic rings. The molecule has 0 spiro atoms. The van der Waals surface area contributed by atoms with Crippen LogP contribution in [0.2, 0.25) is 0 Å². The number of nitrogens with zero attached hydrogens (tertiary/aromatic N) is 2. The average Bonchev–Trinajstić information content (AvgIpc) is 3.12. The molecule has 0 bridgehead atoms. The molecule has 1 aliphatic heterocycles. The summed E-state index contributed by atoms with van der Waals surface area (Å²) in [7, 11) is 0. The normalized spacial score (nSPS) is 20.0. The number of aliphatic imine (C=N–C) groups is 1. The van der Waals surface area contributed by atoms with E-state index in [0.29, 0.717) is 32.1 Å². The third-order valence-electron chi connectivity index (χ3n) is 3.68. The van der Waals surface area contributed by atoms with E-state index in [1.54, 1.807) is 11.3 Å². The highest BCUT2D eigenvalue weighted by Crippen LogP contribution is 2.22. The van der Waals surface area contributed by atoms with Crippen LogP contribution >= 0.6 is 11.3 Å². The molecule has 1 saturated heterocycles. The molecule has 23 heavy (non-hydrogen) atoms. The van der Waals surface area contributed by atoms with Gasteiger partial charge in [-0.2, -0.15) is 24.5 Å². The van der Waals surface area contributed by atoms with E-state index in [-0.39, 0.29) is 5.92 Å². The molecule has 0 aliphatic carbocycles. The molecule has 4 nitrogen and oxygen atoms in total. The molecule has 1 atom stereocenters. The van der Waals surface area contributed by atoms with E-state index in [4.69, 9.17) is 0 Å². The highest BCUT2D eigenvalue weighted by molar-refractivity contribution is 7.07. The van der Waals surface area contributed by atoms with Crippen LogP contribution in [-0.2, 0) is 6.54 Å². The maximum Gasteiger partial charge on any atom is 0.401 e. The molecule has 0 radical (unpaired) electrons. The molecule has 2 rings (SSSR count). The Morgan fingerprint density at radius 1 is 1.43 bits per heavy atom. The zero-order valence-electron chi connectivity index (χ0n) is 13.2. The summed E-state index contributed by atoms with van der Waals surface area (Å²) in [4.78, 5) is 5.98. The Balaban J connectivity index is 1.77. The van der Waals surface area contributed by atoms with Crippen LogP contribution in [0.4, 0.5) is 13.2 Å². The van der Waals surface area contributed by atoms with Gasteiger partial charge in [0.1, 0.15) is 0 Å². The van der Waals surface area contributed by atoms with Gasteiger partial charge < -0.3 is 10.6 Å². The molecule has 8 heteroatoms. The number of rotatable bonds is 6. The van der Waals surface area contributed by atoms with Crippen LogP contribution in [0.25, 0.3) is 0 Å². The first-order valence-corrected chi connectivity index (χ1v) is 8.73. The number of nitrogens with one attached hydrogen (secondary N) is 2. The van der Waals surface area contributed by atoms with Crippen molar-refractivity contribution in [2.24, 2.45) is 10.9 Å². The van der Waals surface area contributed by atoms with E-state index in [1.165, 1.54) is 4.90 Å². The second kappa shape index (κ2) is 8.54. The van der Waals surface area contributed by atoms with Crippen molar-refractivity contribution in [2.75, 3.05) is 32.7 Å². The number of halogens is 3. The zero-order valence-corrected chi connectivity index (χ0v) is 14.0. The summed E-state index contributed by atoms with van der Waals surface area (Å²) in [6.07, 6.45) is -3.33. The smallest absolute Gasteiger partial charge is 0.357 e. The third kappa shape index (κ3) is 6.78. The van der Waals surface area contributed by atoms with Gasteiger partial charge in [0, 0.05) is 19.6 Å². The molecular weight excluding hydrogens is 325 g/mol. The minimum atomic E-state index is -4.11. The number of likely N-dealkylation sites (tertiary alicyclic amines) is 1. The van der Waals surface area contributed by atoms with Crippen LogP contribution in [0.15, 0.2) is 21.8 Å². The van der Waals surface area contributed by atoms with Crippen LogP contribution < -0.4 is 10.6 Å². The highest BCUT2D eigenvalue weighted by Gasteiger charge is 2.34. The predicted molar refractivity (Wildman–Crippen MR) is 87.7 cm³/mol. The van der Waals surface area contributed by atoms with Crippen LogP contribution in [0, 0.1) is 5.92 Å². The summed E-state index contributed by atoms with van der Waals surface area (Å²) in [5.74, 6) is 0.940. The van der Waals surface area contributed by atoms with Crippen molar-refractivity contribution < 1.29 is 13.2 Å². The topological polar surface area (TPSA) is 39.7 Å². The van der Waals surface area contributed by atoms with Gasteiger partial charge in [0.05, 0.1) is 13.1 Å². The van der Waals surface area contributed by atoms with Crippen LogP contribution in [-0.4, -0.2) is 49.8 Å². The van der Waals surface area contributed by atoms with Crippen molar-refractivity contribution in [3.05, 3.63) is 22.4 Å². The summed E-state index contributed by atoms with van der Waals surface area (Å²) in [5, 5.41) is 10.5. The minimum Gasteiger partial charge on any atom is -0.357 e. The summed E-state index contributed by atoms with van der Waals surface area (Å²) in [6, 6.07) is 2.03. The lowest BCUT2D eigenvalue weighted by atomic mass is 10.1. The molecule has 2 heterocycles. The standard InChI is InChI=1S/C15H23F3N4S/c1-2-19-14(21-8-13-4-6-23-10-13)20-7-12-3-5-22(9-12)11-15(16,17)18/h4,6,10,12H,2-3,5,7-9,11H2,1H3,(H2,19,20,21). The van der Waals surface area contributed by atoms with Crippen LogP contribution in [0.3, 0.4) is 0 Å². The quantitative estimate of drug-likeness (QED) is 0.613. The first kappa shape index (κ1) is 18.1. The summed E-state index contributed by atoms with van der Waals surface area (Å²) >= 11 is 1.64. The lowest BCUT2D eigenvalue weighted by Gasteiger charge is -2.18. The number of hydrogen-bond acceptors (Lipinski definition) is 3. The summed E-state index contributed by atoms with van der Waals surface area (Å²) in [5.41, 5.74) is 1.16. The van der Waals surface area contributed by atoms with Crippen molar-refractivity contribution in [3.8, 4) is 0 Å². The monoisotopic (exact) mass is 348 g/mol. The maximum absolute atomic E-state index is 12.4. The molecule has 1 fully saturated rings. The predicted octanol–water partition coefficient (Wildman–Crippen LogP) is 2.69. The van der Waals surface area contributed by atoms with Crippen molar-refractivity contribution in [2.45, 2.75) is 26.1 Å². The Labute approximate surface area is 138 Å². The lowest BCUT2D eigenvalue weighted by Crippen LogP contribution is -2.40. The second-order valence-corrected chi connectivity index (χ2v) is 6.49. The second-order valence-electron chi connectivity index (χ2n) is 5.71. The number of alkyl halides is 3. The highest BCUT2D eigenvalue weighted by atomic mass is 32.1. The molecule has 2 N–H and O–H groups in total. The molecule has 1 aromatic rings. The van der Waals surface area contributed by atoms with Gasteiger partial charge in [0.2, 0.25) is 0 Å². The van der Waals surface area contributed by atoms with Gasteiger partial charge in [-0.15, -0.1) is 0 Å². The van der Waals surface area contributed by atoms with Crippen LogP contribution in [0.5, 0.6) is 0 Å². The fraction of sp³-hybridized carbons (Fsp3) is 0.667. The Bertz CT molecular complexity index is 487. The van der Waals surface area contributed by atoms with E-state index in [2.05, 4.69) is 21.0 Å². The largest absolute Gasteiger partial charge is 0.401 e. The van der Waals surface area contributed by atoms with Crippen molar-refractivity contribution in [1.82, 2.24) is 15.5 Å². The van der Waals surface area contributed by atoms with Gasteiger partial charge in [-0.3, -0.25) is 4.90 Å². The first-order chi connectivity index (χ1) is 11.0.